The number of hydrogen-bond donors (Lipinski definition) is 0. The summed E-state index contributed by atoms with van der Waals surface area (Å²) in [6, 6.07) is 14.1. The molecule has 0 N–H and O–H groups in total. The molecule has 36 heavy (non-hydrogen) atoms. The smallest absolute Gasteiger partial charge is 0.253 e. The zero-order chi connectivity index (χ0) is 25.4. The van der Waals surface area contributed by atoms with E-state index in [-0.39, 0.29) is 17.7 Å². The highest BCUT2D eigenvalue weighted by Gasteiger charge is 2.51. The molecule has 4 aliphatic rings. The Labute approximate surface area is 216 Å². The second-order valence-corrected chi connectivity index (χ2v) is 11.9. The summed E-state index contributed by atoms with van der Waals surface area (Å²) >= 11 is 0. The van der Waals surface area contributed by atoms with Gasteiger partial charge in [-0.3, -0.25) is 14.5 Å². The van der Waals surface area contributed by atoms with Gasteiger partial charge < -0.3 is 9.80 Å². The van der Waals surface area contributed by atoms with E-state index in [1.807, 2.05) is 49.1 Å². The number of hydrogen-bond acceptors (Lipinski definition) is 3. The van der Waals surface area contributed by atoms with Crippen molar-refractivity contribution in [3.8, 4) is 0 Å². The number of carbonyl (C=O) groups is 2. The van der Waals surface area contributed by atoms with Crippen LogP contribution in [0.25, 0.3) is 10.8 Å². The van der Waals surface area contributed by atoms with Crippen LogP contribution in [-0.4, -0.2) is 72.3 Å². The maximum atomic E-state index is 13.1. The molecule has 1 saturated carbocycles. The minimum absolute atomic E-state index is 0.00719. The van der Waals surface area contributed by atoms with Gasteiger partial charge in [0, 0.05) is 57.3 Å². The number of nitrogens with zero attached hydrogens (tertiary/aromatic N) is 3. The largest absolute Gasteiger partial charge is 0.337 e. The molecular weight excluding hydrogens is 446 g/mol. The minimum Gasteiger partial charge on any atom is -0.337 e. The summed E-state index contributed by atoms with van der Waals surface area (Å²) in [5.74, 6) is 1.81. The molecule has 5 nitrogen and oxygen atoms in total. The van der Waals surface area contributed by atoms with Gasteiger partial charge in [-0.25, -0.2) is 0 Å². The molecule has 2 atom stereocenters. The van der Waals surface area contributed by atoms with Gasteiger partial charge in [-0.2, -0.15) is 0 Å². The van der Waals surface area contributed by atoms with E-state index in [2.05, 4.69) is 41.9 Å². The van der Waals surface area contributed by atoms with Crippen LogP contribution in [0.2, 0.25) is 0 Å². The van der Waals surface area contributed by atoms with E-state index in [0.29, 0.717) is 11.3 Å². The SMILES string of the molecule is CC(C)C(=O)N(CCN1CCN(C(=O)c2ccc3ccccc3c2)CC1)CC1=CCC2CC1C2(C)C. The monoisotopic (exact) mass is 487 g/mol. The summed E-state index contributed by atoms with van der Waals surface area (Å²) in [6.45, 7) is 14.3. The Balaban J connectivity index is 1.16. The minimum atomic E-state index is 0.00719. The Morgan fingerprint density at radius 2 is 1.75 bits per heavy atom. The van der Waals surface area contributed by atoms with Gasteiger partial charge in [-0.1, -0.05) is 69.7 Å². The van der Waals surface area contributed by atoms with Gasteiger partial charge in [-0.15, -0.1) is 0 Å². The van der Waals surface area contributed by atoms with Gasteiger partial charge in [0.15, 0.2) is 0 Å². The van der Waals surface area contributed by atoms with Crippen molar-refractivity contribution in [1.29, 1.82) is 0 Å². The van der Waals surface area contributed by atoms with Crippen LogP contribution in [0.4, 0.5) is 0 Å². The van der Waals surface area contributed by atoms with Crippen molar-refractivity contribution in [3.05, 3.63) is 59.7 Å². The first-order valence-corrected chi connectivity index (χ1v) is 13.7. The van der Waals surface area contributed by atoms with Crippen molar-refractivity contribution >= 4 is 22.6 Å². The maximum absolute atomic E-state index is 13.1. The van der Waals surface area contributed by atoms with E-state index in [9.17, 15) is 9.59 Å². The first kappa shape index (κ1) is 25.0. The van der Waals surface area contributed by atoms with Crippen LogP contribution in [0.15, 0.2) is 54.1 Å². The second-order valence-electron chi connectivity index (χ2n) is 11.9. The Hall–Kier alpha value is -2.66. The fraction of sp³-hybridized carbons (Fsp3) is 0.548. The van der Waals surface area contributed by atoms with Crippen molar-refractivity contribution in [1.82, 2.24) is 14.7 Å². The van der Waals surface area contributed by atoms with Crippen molar-refractivity contribution in [2.24, 2.45) is 23.2 Å². The maximum Gasteiger partial charge on any atom is 0.253 e. The number of fused-ring (bicyclic) bond motifs is 2. The van der Waals surface area contributed by atoms with Gasteiger partial charge in [0.1, 0.15) is 0 Å². The van der Waals surface area contributed by atoms with Gasteiger partial charge in [-0.05, 0) is 53.0 Å². The van der Waals surface area contributed by atoms with E-state index < -0.39 is 0 Å². The predicted molar refractivity (Wildman–Crippen MR) is 146 cm³/mol. The third-order valence-corrected chi connectivity index (χ3v) is 9.10. The van der Waals surface area contributed by atoms with Crippen LogP contribution >= 0.6 is 0 Å². The summed E-state index contributed by atoms with van der Waals surface area (Å²) in [6.07, 6.45) is 4.87. The molecule has 0 aromatic heterocycles. The molecule has 0 spiro atoms. The molecule has 2 aromatic carbocycles. The normalized spacial score (nSPS) is 23.4. The number of rotatable bonds is 7. The van der Waals surface area contributed by atoms with Crippen molar-refractivity contribution in [2.45, 2.75) is 40.5 Å². The first-order valence-electron chi connectivity index (χ1n) is 13.7. The summed E-state index contributed by atoms with van der Waals surface area (Å²) in [4.78, 5) is 32.7. The first-order chi connectivity index (χ1) is 17.2. The molecule has 2 bridgehead atoms. The van der Waals surface area contributed by atoms with Gasteiger partial charge >= 0.3 is 0 Å². The van der Waals surface area contributed by atoms with Crippen LogP contribution in [-0.2, 0) is 4.79 Å². The van der Waals surface area contributed by atoms with Gasteiger partial charge in [0.05, 0.1) is 0 Å². The number of carbonyl (C=O) groups excluding carboxylic acids is 2. The Bertz CT molecular complexity index is 1160. The third-order valence-electron chi connectivity index (χ3n) is 9.10. The molecule has 2 amide bonds. The van der Waals surface area contributed by atoms with Crippen LogP contribution in [0.5, 0.6) is 0 Å². The van der Waals surface area contributed by atoms with Crippen molar-refractivity contribution in [2.75, 3.05) is 45.8 Å². The second kappa shape index (κ2) is 10.0. The number of allylic oxidation sites excluding steroid dienone is 1. The van der Waals surface area contributed by atoms with Crippen LogP contribution < -0.4 is 0 Å². The average molecular weight is 488 g/mol. The Morgan fingerprint density at radius 3 is 2.42 bits per heavy atom. The summed E-state index contributed by atoms with van der Waals surface area (Å²) < 4.78 is 0. The van der Waals surface area contributed by atoms with Crippen LogP contribution in [0, 0.1) is 23.2 Å². The fourth-order valence-electron chi connectivity index (χ4n) is 6.45. The number of amides is 2. The highest BCUT2D eigenvalue weighted by molar-refractivity contribution is 5.98. The number of piperazine rings is 1. The molecule has 2 unspecified atom stereocenters. The van der Waals surface area contributed by atoms with Crippen molar-refractivity contribution < 1.29 is 9.59 Å². The van der Waals surface area contributed by atoms with E-state index >= 15 is 0 Å². The predicted octanol–water partition coefficient (Wildman–Crippen LogP) is 5.07. The fourth-order valence-corrected chi connectivity index (χ4v) is 6.45. The molecule has 2 aromatic rings. The standard InChI is InChI=1S/C31H41N3O2/c1-22(2)29(35)34(21-26-11-12-27-20-28(26)31(27,3)4)18-15-32-13-16-33(17-14-32)30(36)25-10-9-23-7-5-6-8-24(23)19-25/h5-11,19,22,27-28H,12-18,20-21H2,1-4H3. The lowest BCUT2D eigenvalue weighted by Gasteiger charge is -2.57. The molecule has 192 valence electrons. The Kier molecular flexibility index (Phi) is 6.95. The molecule has 5 heteroatoms. The zero-order valence-electron chi connectivity index (χ0n) is 22.4. The lowest BCUT2D eigenvalue weighted by molar-refractivity contribution is -0.134. The molecule has 0 radical (unpaired) electrons. The molecule has 1 heterocycles. The van der Waals surface area contributed by atoms with Crippen LogP contribution in [0.1, 0.15) is 50.9 Å². The molecule has 2 fully saturated rings. The van der Waals surface area contributed by atoms with E-state index in [1.165, 1.54) is 12.0 Å². The molecule has 3 aliphatic carbocycles. The number of benzene rings is 2. The van der Waals surface area contributed by atoms with E-state index in [0.717, 1.165) is 74.5 Å². The topological polar surface area (TPSA) is 43.9 Å². The van der Waals surface area contributed by atoms with Crippen molar-refractivity contribution in [3.63, 3.8) is 0 Å². The third kappa shape index (κ3) is 4.82. The quantitative estimate of drug-likeness (QED) is 0.512. The lowest BCUT2D eigenvalue weighted by atomic mass is 9.49. The molecular formula is C31H41N3O2. The van der Waals surface area contributed by atoms with Crippen LogP contribution in [0.3, 0.4) is 0 Å². The highest BCUT2D eigenvalue weighted by atomic mass is 16.2. The highest BCUT2D eigenvalue weighted by Crippen LogP contribution is 2.59. The zero-order valence-corrected chi connectivity index (χ0v) is 22.4. The Morgan fingerprint density at radius 1 is 1.03 bits per heavy atom. The molecule has 6 rings (SSSR count). The van der Waals surface area contributed by atoms with Gasteiger partial charge in [0.25, 0.3) is 5.91 Å². The summed E-state index contributed by atoms with van der Waals surface area (Å²) in [7, 11) is 0. The molecule has 1 saturated heterocycles. The van der Waals surface area contributed by atoms with E-state index in [4.69, 9.17) is 0 Å². The van der Waals surface area contributed by atoms with Gasteiger partial charge in [0.2, 0.25) is 5.91 Å². The summed E-state index contributed by atoms with van der Waals surface area (Å²) in [5.41, 5.74) is 2.62. The summed E-state index contributed by atoms with van der Waals surface area (Å²) in [5, 5.41) is 2.26. The lowest BCUT2D eigenvalue weighted by Crippen LogP contribution is -2.52. The van der Waals surface area contributed by atoms with E-state index in [1.54, 1.807) is 0 Å². The molecule has 1 aliphatic heterocycles. The average Bonchev–Trinajstić information content (AvgIpc) is 2.90.